The van der Waals surface area contributed by atoms with Crippen molar-refractivity contribution in [2.75, 3.05) is 6.54 Å². The molecule has 1 N–H and O–H groups in total. The molecule has 0 saturated carbocycles. The Morgan fingerprint density at radius 2 is 2.16 bits per heavy atom. The van der Waals surface area contributed by atoms with Crippen LogP contribution in [0.15, 0.2) is 20.1 Å². The fourth-order valence-electron chi connectivity index (χ4n) is 1.84. The summed E-state index contributed by atoms with van der Waals surface area (Å²) in [7, 11) is -3.83. The van der Waals surface area contributed by atoms with Crippen molar-refractivity contribution in [3.8, 4) is 0 Å². The molecule has 6 nitrogen and oxygen atoms in total. The summed E-state index contributed by atoms with van der Waals surface area (Å²) in [5.41, 5.74) is 0. The summed E-state index contributed by atoms with van der Waals surface area (Å²) < 4.78 is 26.6. The number of sulfonamides is 1. The quantitative estimate of drug-likeness (QED) is 0.806. The molecule has 0 spiro atoms. The van der Waals surface area contributed by atoms with E-state index in [1.165, 1.54) is 6.07 Å². The van der Waals surface area contributed by atoms with Crippen molar-refractivity contribution in [2.45, 2.75) is 23.6 Å². The van der Waals surface area contributed by atoms with Gasteiger partial charge < -0.3 is 0 Å². The highest BCUT2D eigenvalue weighted by molar-refractivity contribution is 9.11. The van der Waals surface area contributed by atoms with Crippen LogP contribution in [0.1, 0.15) is 13.3 Å². The molecule has 104 valence electrons. The van der Waals surface area contributed by atoms with E-state index >= 15 is 0 Å². The van der Waals surface area contributed by atoms with Gasteiger partial charge in [-0.2, -0.15) is 4.31 Å². The molecule has 9 heteroatoms. The number of imide groups is 1. The predicted molar refractivity (Wildman–Crippen MR) is 73.1 cm³/mol. The number of amides is 2. The molecular formula is C10H11BrN2O4S2. The fourth-order valence-corrected chi connectivity index (χ4v) is 5.59. The Balaban J connectivity index is 2.42. The Morgan fingerprint density at radius 1 is 1.47 bits per heavy atom. The number of hydrogen-bond donors (Lipinski definition) is 1. The zero-order valence-electron chi connectivity index (χ0n) is 9.92. The lowest BCUT2D eigenvalue weighted by Crippen LogP contribution is -2.59. The van der Waals surface area contributed by atoms with Gasteiger partial charge in [0.2, 0.25) is 11.8 Å². The van der Waals surface area contributed by atoms with Gasteiger partial charge in [0.25, 0.3) is 10.0 Å². The third kappa shape index (κ3) is 2.73. The van der Waals surface area contributed by atoms with Crippen LogP contribution in [-0.4, -0.2) is 37.1 Å². The maximum atomic E-state index is 12.4. The number of piperazine rings is 1. The van der Waals surface area contributed by atoms with Gasteiger partial charge in [-0.05, 0) is 34.5 Å². The highest BCUT2D eigenvalue weighted by atomic mass is 79.9. The minimum atomic E-state index is -3.83. The third-order valence-electron chi connectivity index (χ3n) is 2.71. The highest BCUT2D eigenvalue weighted by Gasteiger charge is 2.41. The summed E-state index contributed by atoms with van der Waals surface area (Å²) >= 11 is 4.24. The Morgan fingerprint density at radius 3 is 2.68 bits per heavy atom. The molecule has 1 aromatic rings. The van der Waals surface area contributed by atoms with Crippen molar-refractivity contribution in [1.82, 2.24) is 9.62 Å². The second kappa shape index (κ2) is 5.31. The second-order valence-corrected chi connectivity index (χ2v) is 8.53. The average Bonchev–Trinajstić information content (AvgIpc) is 2.75. The van der Waals surface area contributed by atoms with E-state index in [1.54, 1.807) is 13.0 Å². The van der Waals surface area contributed by atoms with Gasteiger partial charge in [0, 0.05) is 0 Å². The Kier molecular flexibility index (Phi) is 4.09. The molecule has 0 radical (unpaired) electrons. The summed E-state index contributed by atoms with van der Waals surface area (Å²) in [6.07, 6.45) is 0.310. The summed E-state index contributed by atoms with van der Waals surface area (Å²) in [5.74, 6) is -1.17. The van der Waals surface area contributed by atoms with Gasteiger partial charge >= 0.3 is 0 Å². The molecule has 2 amide bonds. The van der Waals surface area contributed by atoms with E-state index in [2.05, 4.69) is 21.2 Å². The zero-order chi connectivity index (χ0) is 14.2. The number of hydrogen-bond acceptors (Lipinski definition) is 5. The molecule has 1 aliphatic heterocycles. The van der Waals surface area contributed by atoms with Gasteiger partial charge in [-0.3, -0.25) is 14.9 Å². The zero-order valence-corrected chi connectivity index (χ0v) is 13.1. The van der Waals surface area contributed by atoms with Gasteiger partial charge in [0.15, 0.2) is 0 Å². The first-order chi connectivity index (χ1) is 8.86. The minimum absolute atomic E-state index is 0.111. The van der Waals surface area contributed by atoms with E-state index in [1.807, 2.05) is 0 Å². The molecule has 2 heterocycles. The molecular weight excluding hydrogens is 356 g/mol. The van der Waals surface area contributed by atoms with Crippen LogP contribution in [0.25, 0.3) is 0 Å². The summed E-state index contributed by atoms with van der Waals surface area (Å²) in [6.45, 7) is 1.37. The third-order valence-corrected chi connectivity index (χ3v) is 6.66. The molecule has 1 saturated heterocycles. The van der Waals surface area contributed by atoms with Gasteiger partial charge in [0.1, 0.15) is 10.3 Å². The van der Waals surface area contributed by atoms with Gasteiger partial charge in [-0.25, -0.2) is 8.42 Å². The first kappa shape index (κ1) is 14.6. The Bertz CT molecular complexity index is 625. The maximum absolute atomic E-state index is 12.4. The average molecular weight is 367 g/mol. The number of thiophene rings is 1. The number of carbonyl (C=O) groups excluding carboxylic acids is 2. The normalized spacial score (nSPS) is 21.5. The van der Waals surface area contributed by atoms with E-state index in [4.69, 9.17) is 0 Å². The molecule has 1 aliphatic rings. The molecule has 1 unspecified atom stereocenters. The summed E-state index contributed by atoms with van der Waals surface area (Å²) in [5, 5.41) is 2.15. The lowest BCUT2D eigenvalue weighted by atomic mass is 10.2. The van der Waals surface area contributed by atoms with Crippen molar-refractivity contribution >= 4 is 49.1 Å². The molecule has 1 fully saturated rings. The largest absolute Gasteiger partial charge is 0.294 e. The molecule has 0 bridgehead atoms. The molecule has 1 atom stereocenters. The minimum Gasteiger partial charge on any atom is -0.294 e. The Labute approximate surface area is 123 Å². The van der Waals surface area contributed by atoms with Crippen molar-refractivity contribution in [2.24, 2.45) is 0 Å². The highest BCUT2D eigenvalue weighted by Crippen LogP contribution is 2.30. The lowest BCUT2D eigenvalue weighted by Gasteiger charge is -2.31. The van der Waals surface area contributed by atoms with Crippen LogP contribution in [-0.2, 0) is 19.6 Å². The molecule has 0 aromatic carbocycles. The lowest BCUT2D eigenvalue weighted by molar-refractivity contribution is -0.137. The van der Waals surface area contributed by atoms with Crippen molar-refractivity contribution in [3.05, 3.63) is 15.9 Å². The number of carbonyl (C=O) groups is 2. The topological polar surface area (TPSA) is 83.6 Å². The number of halogens is 1. The summed E-state index contributed by atoms with van der Waals surface area (Å²) in [6, 6.07) is 2.22. The van der Waals surface area contributed by atoms with E-state index < -0.39 is 27.9 Å². The van der Waals surface area contributed by atoms with Crippen molar-refractivity contribution in [1.29, 1.82) is 0 Å². The molecule has 0 aliphatic carbocycles. The molecule has 2 rings (SSSR count). The number of rotatable bonds is 3. The number of nitrogens with zero attached hydrogens (tertiary/aromatic N) is 1. The molecule has 19 heavy (non-hydrogen) atoms. The van der Waals surface area contributed by atoms with E-state index in [0.717, 1.165) is 15.6 Å². The van der Waals surface area contributed by atoms with E-state index in [-0.39, 0.29) is 10.8 Å². The van der Waals surface area contributed by atoms with Crippen LogP contribution in [0.2, 0.25) is 0 Å². The van der Waals surface area contributed by atoms with Gasteiger partial charge in [0.05, 0.1) is 10.3 Å². The van der Waals surface area contributed by atoms with E-state index in [0.29, 0.717) is 10.2 Å². The first-order valence-electron chi connectivity index (χ1n) is 5.47. The van der Waals surface area contributed by atoms with Gasteiger partial charge in [-0.1, -0.05) is 6.92 Å². The second-order valence-electron chi connectivity index (χ2n) is 3.95. The van der Waals surface area contributed by atoms with Crippen molar-refractivity contribution < 1.29 is 18.0 Å². The van der Waals surface area contributed by atoms with Crippen LogP contribution < -0.4 is 5.32 Å². The van der Waals surface area contributed by atoms with Crippen LogP contribution in [0.5, 0.6) is 0 Å². The number of nitrogens with one attached hydrogen (secondary N) is 1. The molecule has 1 aromatic heterocycles. The first-order valence-corrected chi connectivity index (χ1v) is 8.52. The van der Waals surface area contributed by atoms with Crippen molar-refractivity contribution in [3.63, 3.8) is 0 Å². The van der Waals surface area contributed by atoms with Crippen LogP contribution in [0, 0.1) is 0 Å². The van der Waals surface area contributed by atoms with Crippen LogP contribution in [0.3, 0.4) is 0 Å². The van der Waals surface area contributed by atoms with Gasteiger partial charge in [-0.15, -0.1) is 11.3 Å². The maximum Gasteiger partial charge on any atom is 0.253 e. The summed E-state index contributed by atoms with van der Waals surface area (Å²) in [4.78, 5) is 23.1. The predicted octanol–water partition coefficient (Wildman–Crippen LogP) is 0.936. The Hall–Kier alpha value is -0.770. The SMILES string of the molecule is CCC1C(=O)NC(=O)CN1S(=O)(=O)c1ccc(Br)s1. The fraction of sp³-hybridized carbons (Fsp3) is 0.400. The van der Waals surface area contributed by atoms with Crippen LogP contribution >= 0.6 is 27.3 Å². The smallest absolute Gasteiger partial charge is 0.253 e. The van der Waals surface area contributed by atoms with Crippen LogP contribution in [0.4, 0.5) is 0 Å². The standard InChI is InChI=1S/C10H11BrN2O4S2/c1-2-6-10(15)12-8(14)5-13(6)19(16,17)9-4-3-7(11)18-9/h3-4,6H,2,5H2,1H3,(H,12,14,15). The van der Waals surface area contributed by atoms with E-state index in [9.17, 15) is 18.0 Å². The monoisotopic (exact) mass is 366 g/mol.